The van der Waals surface area contributed by atoms with Gasteiger partial charge in [-0.25, -0.2) is 4.39 Å². The molecule has 0 fully saturated rings. The van der Waals surface area contributed by atoms with Crippen LogP contribution in [0.4, 0.5) is 4.39 Å². The van der Waals surface area contributed by atoms with Gasteiger partial charge >= 0.3 is 0 Å². The van der Waals surface area contributed by atoms with Crippen molar-refractivity contribution in [1.82, 2.24) is 0 Å². The Morgan fingerprint density at radius 1 is 1.17 bits per heavy atom. The molecule has 2 aromatic carbocycles. The quantitative estimate of drug-likeness (QED) is 0.678. The molecule has 0 heterocycles. The number of benzene rings is 2. The first-order valence-electron chi connectivity index (χ1n) is 5.29. The average molecular weight is 262 g/mol. The lowest BCUT2D eigenvalue weighted by Crippen LogP contribution is -2.03. The topological polar surface area (TPSA) is 26.3 Å². The van der Waals surface area contributed by atoms with Crippen LogP contribution in [0.3, 0.4) is 0 Å². The highest BCUT2D eigenvalue weighted by molar-refractivity contribution is 7.80. The van der Waals surface area contributed by atoms with E-state index in [1.54, 1.807) is 31.4 Å². The summed E-state index contributed by atoms with van der Waals surface area (Å²) in [5.74, 6) is -0.0521. The van der Waals surface area contributed by atoms with E-state index in [0.717, 1.165) is 0 Å². The summed E-state index contributed by atoms with van der Waals surface area (Å²) in [4.78, 5) is 12.6. The van der Waals surface area contributed by atoms with Crippen LogP contribution in [-0.2, 0) is 0 Å². The highest BCUT2D eigenvalue weighted by Gasteiger charge is 2.13. The molecule has 0 N–H and O–H groups in total. The molecule has 0 saturated carbocycles. The molecule has 0 unspecified atom stereocenters. The van der Waals surface area contributed by atoms with Crippen LogP contribution >= 0.6 is 12.6 Å². The summed E-state index contributed by atoms with van der Waals surface area (Å²) in [5.41, 5.74) is 0.722. The average Bonchev–Trinajstić information content (AvgIpc) is 2.41. The molecular weight excluding hydrogens is 251 g/mol. The molecule has 2 aromatic rings. The minimum Gasteiger partial charge on any atom is -0.497 e. The first-order valence-corrected chi connectivity index (χ1v) is 5.74. The zero-order chi connectivity index (χ0) is 13.1. The zero-order valence-electron chi connectivity index (χ0n) is 9.68. The van der Waals surface area contributed by atoms with Crippen LogP contribution < -0.4 is 4.74 Å². The fourth-order valence-electron chi connectivity index (χ4n) is 1.59. The summed E-state index contributed by atoms with van der Waals surface area (Å²) in [5, 5.41) is 0. The Morgan fingerprint density at radius 3 is 2.44 bits per heavy atom. The van der Waals surface area contributed by atoms with Gasteiger partial charge in [0.1, 0.15) is 11.6 Å². The molecule has 0 bridgehead atoms. The van der Waals surface area contributed by atoms with E-state index >= 15 is 0 Å². The summed E-state index contributed by atoms with van der Waals surface area (Å²) in [6.07, 6.45) is 0. The first kappa shape index (κ1) is 12.6. The standard InChI is InChI=1S/C14H11FO2S/c1-17-11-5-2-9(3-6-11)14(16)12-8-10(15)4-7-13(12)18/h2-8,18H,1H3. The molecule has 0 aliphatic carbocycles. The van der Waals surface area contributed by atoms with Crippen molar-refractivity contribution in [2.24, 2.45) is 0 Å². The van der Waals surface area contributed by atoms with Gasteiger partial charge in [-0.05, 0) is 42.5 Å². The van der Waals surface area contributed by atoms with Gasteiger partial charge in [-0.3, -0.25) is 4.79 Å². The molecule has 92 valence electrons. The van der Waals surface area contributed by atoms with Crippen molar-refractivity contribution in [1.29, 1.82) is 0 Å². The Labute approximate surface area is 110 Å². The van der Waals surface area contributed by atoms with Gasteiger partial charge in [0.2, 0.25) is 0 Å². The second-order valence-corrected chi connectivity index (χ2v) is 4.20. The molecule has 0 aliphatic rings. The maximum Gasteiger partial charge on any atom is 0.194 e. The van der Waals surface area contributed by atoms with Gasteiger partial charge in [0.15, 0.2) is 5.78 Å². The Bertz CT molecular complexity index is 579. The Morgan fingerprint density at radius 2 is 1.83 bits per heavy atom. The van der Waals surface area contributed by atoms with E-state index in [2.05, 4.69) is 12.6 Å². The van der Waals surface area contributed by atoms with Gasteiger partial charge in [0.25, 0.3) is 0 Å². The number of hydrogen-bond donors (Lipinski definition) is 1. The lowest BCUT2D eigenvalue weighted by atomic mass is 10.0. The number of thiol groups is 1. The monoisotopic (exact) mass is 262 g/mol. The third kappa shape index (κ3) is 2.54. The summed E-state index contributed by atoms with van der Waals surface area (Å²) in [6.45, 7) is 0. The van der Waals surface area contributed by atoms with Crippen LogP contribution in [0.2, 0.25) is 0 Å². The largest absolute Gasteiger partial charge is 0.497 e. The molecule has 0 aliphatic heterocycles. The van der Waals surface area contributed by atoms with Gasteiger partial charge in [-0.15, -0.1) is 12.6 Å². The predicted octanol–water partition coefficient (Wildman–Crippen LogP) is 3.35. The van der Waals surface area contributed by atoms with Gasteiger partial charge < -0.3 is 4.74 Å². The third-order valence-corrected chi connectivity index (χ3v) is 2.95. The maximum absolute atomic E-state index is 13.1. The minimum atomic E-state index is -0.454. The molecule has 0 saturated heterocycles. The number of hydrogen-bond acceptors (Lipinski definition) is 3. The van der Waals surface area contributed by atoms with E-state index < -0.39 is 5.82 Å². The highest BCUT2D eigenvalue weighted by atomic mass is 32.1. The summed E-state index contributed by atoms with van der Waals surface area (Å²) < 4.78 is 18.1. The van der Waals surface area contributed by atoms with Gasteiger partial charge in [0, 0.05) is 16.0 Å². The van der Waals surface area contributed by atoms with Crippen LogP contribution in [0, 0.1) is 5.82 Å². The summed E-state index contributed by atoms with van der Waals surface area (Å²) in [7, 11) is 1.55. The number of carbonyl (C=O) groups is 1. The molecule has 0 aromatic heterocycles. The predicted molar refractivity (Wildman–Crippen MR) is 70.1 cm³/mol. The number of rotatable bonds is 3. The van der Waals surface area contributed by atoms with E-state index in [4.69, 9.17) is 4.74 Å². The molecule has 0 atom stereocenters. The van der Waals surface area contributed by atoms with E-state index in [1.165, 1.54) is 18.2 Å². The lowest BCUT2D eigenvalue weighted by Gasteiger charge is -2.05. The van der Waals surface area contributed by atoms with Crippen molar-refractivity contribution in [2.45, 2.75) is 4.90 Å². The van der Waals surface area contributed by atoms with Crippen molar-refractivity contribution in [3.8, 4) is 5.75 Å². The maximum atomic E-state index is 13.1. The minimum absolute atomic E-state index is 0.253. The van der Waals surface area contributed by atoms with E-state index in [9.17, 15) is 9.18 Å². The Hall–Kier alpha value is -1.81. The number of halogens is 1. The first-order chi connectivity index (χ1) is 8.61. The normalized spacial score (nSPS) is 10.2. The number of carbonyl (C=O) groups excluding carboxylic acids is 1. The van der Waals surface area contributed by atoms with Crippen LogP contribution in [0.1, 0.15) is 15.9 Å². The SMILES string of the molecule is COc1ccc(C(=O)c2cc(F)ccc2S)cc1. The van der Waals surface area contributed by atoms with Crippen LogP contribution in [0.5, 0.6) is 5.75 Å². The van der Waals surface area contributed by atoms with Gasteiger partial charge in [-0.1, -0.05) is 0 Å². The molecule has 2 nitrogen and oxygen atoms in total. The van der Waals surface area contributed by atoms with Crippen molar-refractivity contribution in [3.63, 3.8) is 0 Å². The summed E-state index contributed by atoms with van der Waals surface area (Å²) in [6, 6.07) is 10.6. The third-order valence-electron chi connectivity index (χ3n) is 2.56. The molecule has 2 rings (SSSR count). The van der Waals surface area contributed by atoms with E-state index in [1.807, 2.05) is 0 Å². The summed E-state index contributed by atoms with van der Waals surface area (Å²) >= 11 is 4.16. The molecule has 0 spiro atoms. The second kappa shape index (κ2) is 5.23. The van der Waals surface area contributed by atoms with Crippen molar-refractivity contribution < 1.29 is 13.9 Å². The Balaban J connectivity index is 2.38. The van der Waals surface area contributed by atoms with Crippen LogP contribution in [-0.4, -0.2) is 12.9 Å². The number of ketones is 1. The van der Waals surface area contributed by atoms with Crippen LogP contribution in [0.25, 0.3) is 0 Å². The molecule has 0 radical (unpaired) electrons. The van der Waals surface area contributed by atoms with Crippen LogP contribution in [0.15, 0.2) is 47.4 Å². The fraction of sp³-hybridized carbons (Fsp3) is 0.0714. The van der Waals surface area contributed by atoms with Gasteiger partial charge in [-0.2, -0.15) is 0 Å². The van der Waals surface area contributed by atoms with Gasteiger partial charge in [0.05, 0.1) is 7.11 Å². The van der Waals surface area contributed by atoms with Crippen molar-refractivity contribution in [3.05, 3.63) is 59.4 Å². The van der Waals surface area contributed by atoms with Crippen molar-refractivity contribution >= 4 is 18.4 Å². The fourth-order valence-corrected chi connectivity index (χ4v) is 1.83. The van der Waals surface area contributed by atoms with E-state index in [0.29, 0.717) is 16.2 Å². The van der Waals surface area contributed by atoms with E-state index in [-0.39, 0.29) is 11.3 Å². The number of methoxy groups -OCH3 is 1. The number of ether oxygens (including phenoxy) is 1. The smallest absolute Gasteiger partial charge is 0.194 e. The Kier molecular flexibility index (Phi) is 3.67. The molecule has 4 heteroatoms. The highest BCUT2D eigenvalue weighted by Crippen LogP contribution is 2.20. The second-order valence-electron chi connectivity index (χ2n) is 3.72. The van der Waals surface area contributed by atoms with Crippen molar-refractivity contribution in [2.75, 3.05) is 7.11 Å². The molecular formula is C14H11FO2S. The lowest BCUT2D eigenvalue weighted by molar-refractivity contribution is 0.103. The zero-order valence-corrected chi connectivity index (χ0v) is 10.6. The molecule has 0 amide bonds. The molecule has 18 heavy (non-hydrogen) atoms.